The summed E-state index contributed by atoms with van der Waals surface area (Å²) < 4.78 is 0. The summed E-state index contributed by atoms with van der Waals surface area (Å²) >= 11 is 0. The number of rotatable bonds is 4. The smallest absolute Gasteiger partial charge is 0.412 e. The number of nitrogens with zero attached hydrogens (tertiary/aromatic N) is 2. The lowest BCUT2D eigenvalue weighted by Gasteiger charge is -2.33. The number of anilines is 2. The average Bonchev–Trinajstić information content (AvgIpc) is 3.17. The van der Waals surface area contributed by atoms with Crippen molar-refractivity contribution in [2.45, 2.75) is 33.2 Å². The quantitative estimate of drug-likeness (QED) is 0.587. The number of hydrogen-bond donors (Lipinski definition) is 3. The number of carboxylic acid groups (broad SMARTS) is 1. The van der Waals surface area contributed by atoms with Crippen molar-refractivity contribution >= 4 is 23.4 Å². The molecule has 2 aromatic carbocycles. The lowest BCUT2D eigenvalue weighted by atomic mass is 10.0. The molecule has 0 aliphatic carbocycles. The second kappa shape index (κ2) is 7.79. The van der Waals surface area contributed by atoms with Crippen LogP contribution >= 0.6 is 0 Å². The first-order valence-electron chi connectivity index (χ1n) is 9.22. The van der Waals surface area contributed by atoms with Gasteiger partial charge in [-0.15, -0.1) is 0 Å². The van der Waals surface area contributed by atoms with Crippen molar-refractivity contribution in [1.82, 2.24) is 9.97 Å². The number of carbonyl (C=O) groups is 2. The van der Waals surface area contributed by atoms with E-state index in [-0.39, 0.29) is 5.91 Å². The van der Waals surface area contributed by atoms with Crippen LogP contribution in [0.25, 0.3) is 11.4 Å². The minimum absolute atomic E-state index is 0.270. The monoisotopic (exact) mass is 392 g/mol. The summed E-state index contributed by atoms with van der Waals surface area (Å²) in [7, 11) is 0. The maximum Gasteiger partial charge on any atom is 0.412 e. The number of aromatic nitrogens is 2. The average molecular weight is 392 g/mol. The fourth-order valence-electron chi connectivity index (χ4n) is 3.07. The molecule has 7 heteroatoms. The lowest BCUT2D eigenvalue weighted by molar-refractivity contribution is 0.102. The molecule has 0 bridgehead atoms. The van der Waals surface area contributed by atoms with Crippen LogP contribution in [-0.4, -0.2) is 32.6 Å². The first-order valence-corrected chi connectivity index (χ1v) is 9.22. The molecule has 3 N–H and O–H groups in total. The number of carbonyl (C=O) groups excluding carboxylic acids is 1. The van der Waals surface area contributed by atoms with Gasteiger partial charge in [0.2, 0.25) is 0 Å². The molecule has 2 amide bonds. The van der Waals surface area contributed by atoms with Crippen LogP contribution < -0.4 is 10.2 Å². The van der Waals surface area contributed by atoms with Crippen LogP contribution in [0.15, 0.2) is 54.9 Å². The highest BCUT2D eigenvalue weighted by atomic mass is 16.4. The summed E-state index contributed by atoms with van der Waals surface area (Å²) in [6.45, 7) is 7.36. The van der Waals surface area contributed by atoms with Crippen molar-refractivity contribution in [3.8, 4) is 11.4 Å². The number of amides is 2. The molecule has 3 aromatic rings. The summed E-state index contributed by atoms with van der Waals surface area (Å²) in [4.78, 5) is 32.9. The van der Waals surface area contributed by atoms with Crippen LogP contribution in [0, 0.1) is 6.92 Å². The maximum absolute atomic E-state index is 12.7. The van der Waals surface area contributed by atoms with Crippen LogP contribution in [0.2, 0.25) is 0 Å². The molecule has 7 nitrogen and oxygen atoms in total. The highest BCUT2D eigenvalue weighted by molar-refractivity contribution is 6.05. The van der Waals surface area contributed by atoms with Crippen LogP contribution in [0.5, 0.6) is 0 Å². The Bertz CT molecular complexity index is 1020. The summed E-state index contributed by atoms with van der Waals surface area (Å²) in [5, 5.41) is 12.4. The van der Waals surface area contributed by atoms with Gasteiger partial charge in [-0.3, -0.25) is 9.69 Å². The van der Waals surface area contributed by atoms with Crippen molar-refractivity contribution in [1.29, 1.82) is 0 Å². The Kier molecular flexibility index (Phi) is 5.41. The molecule has 0 saturated heterocycles. The molecule has 1 heterocycles. The topological polar surface area (TPSA) is 98.3 Å². The summed E-state index contributed by atoms with van der Waals surface area (Å²) in [5.41, 5.74) is 2.84. The SMILES string of the molecule is Cc1ccc(-c2ncc[nH]2)cc1NC(=O)c1ccc(N(C(=O)O)C(C)(C)C)cc1. The predicted octanol–water partition coefficient (Wildman–Crippen LogP) is 4.92. The molecule has 1 aromatic heterocycles. The first kappa shape index (κ1) is 20.1. The maximum atomic E-state index is 12.7. The summed E-state index contributed by atoms with van der Waals surface area (Å²) in [6.07, 6.45) is 2.38. The van der Waals surface area contributed by atoms with Crippen molar-refractivity contribution in [3.05, 3.63) is 66.0 Å². The number of nitrogens with one attached hydrogen (secondary N) is 2. The number of aromatic amines is 1. The van der Waals surface area contributed by atoms with Crippen molar-refractivity contribution in [2.24, 2.45) is 0 Å². The van der Waals surface area contributed by atoms with Gasteiger partial charge in [0.25, 0.3) is 5.91 Å². The van der Waals surface area contributed by atoms with E-state index in [1.165, 1.54) is 4.90 Å². The largest absolute Gasteiger partial charge is 0.465 e. The molecular formula is C22H24N4O3. The van der Waals surface area contributed by atoms with Crippen LogP contribution in [0.1, 0.15) is 36.7 Å². The molecule has 0 spiro atoms. The van der Waals surface area contributed by atoms with E-state index < -0.39 is 11.6 Å². The Hall–Kier alpha value is -3.61. The summed E-state index contributed by atoms with van der Waals surface area (Å²) in [5.74, 6) is 0.453. The Morgan fingerprint density at radius 1 is 1.10 bits per heavy atom. The molecule has 0 aliphatic rings. The van der Waals surface area contributed by atoms with Crippen molar-refractivity contribution in [2.75, 3.05) is 10.2 Å². The molecule has 0 fully saturated rings. The van der Waals surface area contributed by atoms with Crippen LogP contribution in [-0.2, 0) is 0 Å². The molecule has 29 heavy (non-hydrogen) atoms. The van der Waals surface area contributed by atoms with Gasteiger partial charge in [-0.25, -0.2) is 9.78 Å². The van der Waals surface area contributed by atoms with Crippen LogP contribution in [0.4, 0.5) is 16.2 Å². The Labute approximate surface area is 169 Å². The van der Waals surface area contributed by atoms with E-state index in [1.54, 1.807) is 36.7 Å². The second-order valence-electron chi connectivity index (χ2n) is 7.76. The van der Waals surface area contributed by atoms with E-state index in [0.717, 1.165) is 17.0 Å². The Morgan fingerprint density at radius 2 is 1.79 bits per heavy atom. The van der Waals surface area contributed by atoms with Crippen molar-refractivity contribution < 1.29 is 14.7 Å². The highest BCUT2D eigenvalue weighted by Gasteiger charge is 2.27. The van der Waals surface area contributed by atoms with Crippen LogP contribution in [0.3, 0.4) is 0 Å². The molecule has 0 saturated carbocycles. The van der Waals surface area contributed by atoms with Gasteiger partial charge in [0.05, 0.1) is 0 Å². The Morgan fingerprint density at radius 3 is 2.34 bits per heavy atom. The van der Waals surface area contributed by atoms with E-state index in [4.69, 9.17) is 0 Å². The number of hydrogen-bond acceptors (Lipinski definition) is 3. The van der Waals surface area contributed by atoms with E-state index in [2.05, 4.69) is 15.3 Å². The normalized spacial score (nSPS) is 11.2. The van der Waals surface area contributed by atoms with E-state index in [1.807, 2.05) is 45.9 Å². The standard InChI is InChI=1S/C22H24N4O3/c1-14-5-6-16(19-23-11-12-24-19)13-18(14)25-20(27)15-7-9-17(10-8-15)26(21(28)29)22(2,3)4/h5-13H,1-4H3,(H,23,24)(H,25,27)(H,28,29). The minimum Gasteiger partial charge on any atom is -0.465 e. The Balaban J connectivity index is 1.81. The minimum atomic E-state index is -1.04. The highest BCUT2D eigenvalue weighted by Crippen LogP contribution is 2.26. The van der Waals surface area contributed by atoms with Gasteiger partial charge in [0, 0.05) is 40.4 Å². The zero-order chi connectivity index (χ0) is 21.2. The van der Waals surface area contributed by atoms with Gasteiger partial charge >= 0.3 is 6.09 Å². The molecule has 0 unspecified atom stereocenters. The van der Waals surface area contributed by atoms with Gasteiger partial charge in [-0.2, -0.15) is 0 Å². The van der Waals surface area contributed by atoms with Crippen molar-refractivity contribution in [3.63, 3.8) is 0 Å². The van der Waals surface area contributed by atoms with E-state index >= 15 is 0 Å². The number of aryl methyl sites for hydroxylation is 1. The van der Waals surface area contributed by atoms with E-state index in [0.29, 0.717) is 16.9 Å². The lowest BCUT2D eigenvalue weighted by Crippen LogP contribution is -2.45. The first-order chi connectivity index (χ1) is 13.7. The number of H-pyrrole nitrogens is 1. The molecule has 0 aliphatic heterocycles. The fourth-order valence-corrected chi connectivity index (χ4v) is 3.07. The molecule has 0 radical (unpaired) electrons. The second-order valence-corrected chi connectivity index (χ2v) is 7.76. The number of benzene rings is 2. The van der Waals surface area contributed by atoms with Gasteiger partial charge in [0.1, 0.15) is 5.82 Å². The summed E-state index contributed by atoms with van der Waals surface area (Å²) in [6, 6.07) is 12.2. The third-order valence-electron chi connectivity index (χ3n) is 4.51. The van der Waals surface area contributed by atoms with Gasteiger partial charge in [0.15, 0.2) is 0 Å². The zero-order valence-electron chi connectivity index (χ0n) is 16.9. The van der Waals surface area contributed by atoms with Gasteiger partial charge < -0.3 is 15.4 Å². The predicted molar refractivity (Wildman–Crippen MR) is 113 cm³/mol. The molecule has 150 valence electrons. The zero-order valence-corrected chi connectivity index (χ0v) is 16.9. The molecular weight excluding hydrogens is 368 g/mol. The third-order valence-corrected chi connectivity index (χ3v) is 4.51. The number of imidazole rings is 1. The fraction of sp³-hybridized carbons (Fsp3) is 0.227. The molecule has 3 rings (SSSR count). The van der Waals surface area contributed by atoms with E-state index in [9.17, 15) is 14.7 Å². The van der Waals surface area contributed by atoms with Gasteiger partial charge in [-0.05, 0) is 63.6 Å². The third kappa shape index (κ3) is 4.45. The van der Waals surface area contributed by atoms with Gasteiger partial charge in [-0.1, -0.05) is 12.1 Å². The molecule has 0 atom stereocenters.